The van der Waals surface area contributed by atoms with Gasteiger partial charge in [-0.2, -0.15) is 0 Å². The van der Waals surface area contributed by atoms with Crippen LogP contribution in [0.5, 0.6) is 5.75 Å². The van der Waals surface area contributed by atoms with E-state index in [1.54, 1.807) is 6.20 Å². The number of nitrogen functional groups attached to an aromatic ring is 1. The number of ether oxygens (including phenoxy) is 1. The van der Waals surface area contributed by atoms with E-state index in [4.69, 9.17) is 11.1 Å². The SMILES string of the molecule is N=C(/C=C\NCC1CC1)c1cnc(N)c(OC(F)(F)F)c1. The topological polar surface area (TPSA) is 84.0 Å². The molecule has 1 saturated carbocycles. The molecule has 0 amide bonds. The van der Waals surface area contributed by atoms with Crippen molar-refractivity contribution in [1.82, 2.24) is 10.3 Å². The van der Waals surface area contributed by atoms with Crippen molar-refractivity contribution < 1.29 is 17.9 Å². The molecular weight excluding hydrogens is 285 g/mol. The fraction of sp³-hybridized carbons (Fsp3) is 0.385. The monoisotopic (exact) mass is 300 g/mol. The smallest absolute Gasteiger partial charge is 0.402 e. The zero-order valence-corrected chi connectivity index (χ0v) is 11.1. The summed E-state index contributed by atoms with van der Waals surface area (Å²) in [5, 5.41) is 10.8. The van der Waals surface area contributed by atoms with Gasteiger partial charge in [-0.25, -0.2) is 4.98 Å². The molecule has 1 heterocycles. The molecule has 0 unspecified atom stereocenters. The van der Waals surface area contributed by atoms with Gasteiger partial charge < -0.3 is 21.2 Å². The zero-order valence-electron chi connectivity index (χ0n) is 11.1. The first-order chi connectivity index (χ1) is 9.85. The molecule has 1 aromatic rings. The van der Waals surface area contributed by atoms with E-state index in [1.165, 1.54) is 25.1 Å². The summed E-state index contributed by atoms with van der Waals surface area (Å²) < 4.78 is 40.4. The van der Waals surface area contributed by atoms with Gasteiger partial charge in [0.25, 0.3) is 0 Å². The third-order valence-electron chi connectivity index (χ3n) is 2.89. The van der Waals surface area contributed by atoms with E-state index >= 15 is 0 Å². The maximum Gasteiger partial charge on any atom is 0.573 e. The van der Waals surface area contributed by atoms with E-state index in [-0.39, 0.29) is 17.1 Å². The minimum absolute atomic E-state index is 0.0119. The molecule has 1 aromatic heterocycles. The van der Waals surface area contributed by atoms with Crippen LogP contribution in [-0.4, -0.2) is 23.6 Å². The number of pyridine rings is 1. The number of anilines is 1. The number of nitrogens with one attached hydrogen (secondary N) is 2. The number of nitrogens with two attached hydrogens (primary N) is 1. The Labute approximate surface area is 119 Å². The number of nitrogens with zero attached hydrogens (tertiary/aromatic N) is 1. The maximum absolute atomic E-state index is 12.2. The Kier molecular flexibility index (Phi) is 4.35. The van der Waals surface area contributed by atoms with Crippen LogP contribution in [0.2, 0.25) is 0 Å². The highest BCUT2D eigenvalue weighted by atomic mass is 19.4. The van der Waals surface area contributed by atoms with Gasteiger partial charge in [0.15, 0.2) is 11.6 Å². The molecule has 0 aliphatic heterocycles. The molecule has 8 heteroatoms. The third-order valence-corrected chi connectivity index (χ3v) is 2.89. The predicted octanol–water partition coefficient (Wildman–Crippen LogP) is 2.44. The van der Waals surface area contributed by atoms with Gasteiger partial charge in [0, 0.05) is 18.3 Å². The Morgan fingerprint density at radius 2 is 2.24 bits per heavy atom. The molecule has 21 heavy (non-hydrogen) atoms. The van der Waals surface area contributed by atoms with E-state index in [1.807, 2.05) is 0 Å². The minimum Gasteiger partial charge on any atom is -0.402 e. The first-order valence-electron chi connectivity index (χ1n) is 6.35. The number of hydrogen-bond donors (Lipinski definition) is 3. The van der Waals surface area contributed by atoms with Crippen LogP contribution >= 0.6 is 0 Å². The number of rotatable bonds is 6. The van der Waals surface area contributed by atoms with Crippen molar-refractivity contribution in [3.05, 3.63) is 30.1 Å². The van der Waals surface area contributed by atoms with Crippen molar-refractivity contribution >= 4 is 11.5 Å². The van der Waals surface area contributed by atoms with Crippen LogP contribution in [0.4, 0.5) is 19.0 Å². The molecule has 0 spiro atoms. The van der Waals surface area contributed by atoms with Crippen molar-refractivity contribution in [2.75, 3.05) is 12.3 Å². The number of hydrogen-bond acceptors (Lipinski definition) is 5. The minimum atomic E-state index is -4.85. The maximum atomic E-state index is 12.2. The summed E-state index contributed by atoms with van der Waals surface area (Å²) in [7, 11) is 0. The van der Waals surface area contributed by atoms with Crippen molar-refractivity contribution in [3.8, 4) is 5.75 Å². The Hall–Kier alpha value is -2.25. The largest absolute Gasteiger partial charge is 0.573 e. The first-order valence-corrected chi connectivity index (χ1v) is 6.35. The molecule has 2 rings (SSSR count). The van der Waals surface area contributed by atoms with Crippen LogP contribution in [-0.2, 0) is 0 Å². The quantitative estimate of drug-likeness (QED) is 0.705. The fourth-order valence-electron chi connectivity index (χ4n) is 1.60. The lowest BCUT2D eigenvalue weighted by Crippen LogP contribution is -2.18. The average molecular weight is 300 g/mol. The highest BCUT2D eigenvalue weighted by Crippen LogP contribution is 2.28. The Balaban J connectivity index is 2.00. The van der Waals surface area contributed by atoms with Gasteiger partial charge in [0.2, 0.25) is 0 Å². The number of allylic oxidation sites excluding steroid dienone is 1. The molecule has 0 saturated heterocycles. The number of halogens is 3. The Morgan fingerprint density at radius 1 is 1.52 bits per heavy atom. The van der Waals surface area contributed by atoms with Gasteiger partial charge >= 0.3 is 6.36 Å². The molecule has 0 bridgehead atoms. The summed E-state index contributed by atoms with van der Waals surface area (Å²) in [5.41, 5.74) is 5.52. The van der Waals surface area contributed by atoms with E-state index in [2.05, 4.69) is 15.0 Å². The van der Waals surface area contributed by atoms with Gasteiger partial charge in [0.1, 0.15) is 0 Å². The zero-order chi connectivity index (χ0) is 15.5. The molecule has 0 aromatic carbocycles. The van der Waals surface area contributed by atoms with Crippen LogP contribution in [0.25, 0.3) is 0 Å². The van der Waals surface area contributed by atoms with Crippen LogP contribution in [0.15, 0.2) is 24.5 Å². The highest BCUT2D eigenvalue weighted by Gasteiger charge is 2.32. The first kappa shape index (κ1) is 15.1. The lowest BCUT2D eigenvalue weighted by atomic mass is 10.1. The van der Waals surface area contributed by atoms with Gasteiger partial charge in [-0.05, 0) is 37.1 Å². The second-order valence-corrected chi connectivity index (χ2v) is 4.75. The molecule has 1 aliphatic carbocycles. The average Bonchev–Trinajstić information content (AvgIpc) is 3.19. The van der Waals surface area contributed by atoms with Gasteiger partial charge in [-0.3, -0.25) is 0 Å². The molecule has 0 atom stereocenters. The Morgan fingerprint density at radius 3 is 2.86 bits per heavy atom. The van der Waals surface area contributed by atoms with Crippen molar-refractivity contribution in [1.29, 1.82) is 5.41 Å². The normalized spacial score (nSPS) is 15.2. The lowest BCUT2D eigenvalue weighted by molar-refractivity contribution is -0.274. The summed E-state index contributed by atoms with van der Waals surface area (Å²) in [5.74, 6) is -0.294. The summed E-state index contributed by atoms with van der Waals surface area (Å²) >= 11 is 0. The van der Waals surface area contributed by atoms with E-state index in [0.29, 0.717) is 5.92 Å². The van der Waals surface area contributed by atoms with Crippen LogP contribution in [0.3, 0.4) is 0 Å². The molecule has 4 N–H and O–H groups in total. The highest BCUT2D eigenvalue weighted by molar-refractivity contribution is 6.06. The molecule has 114 valence electrons. The molecule has 1 aliphatic rings. The number of aromatic nitrogens is 1. The van der Waals surface area contributed by atoms with E-state index in [9.17, 15) is 13.2 Å². The second-order valence-electron chi connectivity index (χ2n) is 4.75. The van der Waals surface area contributed by atoms with Crippen molar-refractivity contribution in [2.45, 2.75) is 19.2 Å². The Bertz CT molecular complexity index is 553. The molecule has 5 nitrogen and oxygen atoms in total. The molecule has 0 radical (unpaired) electrons. The third kappa shape index (κ3) is 4.97. The summed E-state index contributed by atoms with van der Waals surface area (Å²) in [6.45, 7) is 0.839. The van der Waals surface area contributed by atoms with Gasteiger partial charge in [-0.1, -0.05) is 0 Å². The summed E-state index contributed by atoms with van der Waals surface area (Å²) in [4.78, 5) is 3.61. The van der Waals surface area contributed by atoms with E-state index < -0.39 is 12.1 Å². The van der Waals surface area contributed by atoms with Crippen LogP contribution in [0.1, 0.15) is 18.4 Å². The summed E-state index contributed by atoms with van der Waals surface area (Å²) in [6, 6.07) is 1.05. The van der Waals surface area contributed by atoms with Gasteiger partial charge in [0.05, 0.1) is 5.71 Å². The van der Waals surface area contributed by atoms with Crippen molar-refractivity contribution in [3.63, 3.8) is 0 Å². The van der Waals surface area contributed by atoms with Crippen molar-refractivity contribution in [2.24, 2.45) is 5.92 Å². The van der Waals surface area contributed by atoms with Crippen LogP contribution in [0, 0.1) is 11.3 Å². The lowest BCUT2D eigenvalue weighted by Gasteiger charge is -2.11. The summed E-state index contributed by atoms with van der Waals surface area (Å²) in [6.07, 6.45) is 1.84. The fourth-order valence-corrected chi connectivity index (χ4v) is 1.60. The molecule has 1 fully saturated rings. The predicted molar refractivity (Wildman–Crippen MR) is 72.0 cm³/mol. The standard InChI is InChI=1S/C13H15F3N4O/c14-13(15,16)21-11-5-9(7-20-12(11)18)10(17)3-4-19-6-8-1-2-8/h3-5,7-8,17,19H,1-2,6H2,(H2,18,20)/b4-3-,17-10?. The van der Waals surface area contributed by atoms with Crippen LogP contribution < -0.4 is 15.8 Å². The number of alkyl halides is 3. The molecular formula is C13H15F3N4O. The second kappa shape index (κ2) is 6.02. The van der Waals surface area contributed by atoms with E-state index in [0.717, 1.165) is 12.6 Å². The van der Waals surface area contributed by atoms with Gasteiger partial charge in [-0.15, -0.1) is 13.2 Å².